The van der Waals surface area contributed by atoms with Crippen LogP contribution in [-0.4, -0.2) is 43.8 Å². The predicted molar refractivity (Wildman–Crippen MR) is 85.8 cm³/mol. The smallest absolute Gasteiger partial charge is 0.274 e. The highest BCUT2D eigenvalue weighted by molar-refractivity contribution is 5.92. The molecule has 1 saturated heterocycles. The second-order valence-electron chi connectivity index (χ2n) is 5.96. The summed E-state index contributed by atoms with van der Waals surface area (Å²) in [6.45, 7) is 1.54. The van der Waals surface area contributed by atoms with Crippen LogP contribution >= 0.6 is 0 Å². The lowest BCUT2D eigenvalue weighted by Crippen LogP contribution is -2.29. The minimum absolute atomic E-state index is 0.0280. The largest absolute Gasteiger partial charge is 0.346 e. The van der Waals surface area contributed by atoms with Crippen LogP contribution in [0.15, 0.2) is 43.1 Å². The normalized spacial score (nSPS) is 17.7. The van der Waals surface area contributed by atoms with E-state index in [1.54, 1.807) is 12.4 Å². The first-order valence-corrected chi connectivity index (χ1v) is 7.77. The number of rotatable bonds is 3. The number of aromatic nitrogens is 4. The molecule has 0 aromatic carbocycles. The van der Waals surface area contributed by atoms with Gasteiger partial charge in [-0.3, -0.25) is 9.78 Å². The van der Waals surface area contributed by atoms with Crippen LogP contribution in [0, 0.1) is 5.92 Å². The molecule has 6 heteroatoms. The van der Waals surface area contributed by atoms with Gasteiger partial charge in [0.1, 0.15) is 11.3 Å². The van der Waals surface area contributed by atoms with Crippen LogP contribution in [-0.2, 0) is 6.42 Å². The van der Waals surface area contributed by atoms with Crippen LogP contribution in [0.4, 0.5) is 0 Å². The molecule has 0 aliphatic carbocycles. The summed E-state index contributed by atoms with van der Waals surface area (Å²) < 4.78 is 0. The standard InChI is InChI=1S/C17H17N5O/c23-17(15-10-18-4-5-19-15)22-6-2-12(11-22)7-13-8-14-1-3-20-16(14)21-9-13/h1,3-5,8-10,12H,2,6-7,11H2,(H,20,21). The molecule has 23 heavy (non-hydrogen) atoms. The van der Waals surface area contributed by atoms with Crippen molar-refractivity contribution in [3.63, 3.8) is 0 Å². The maximum absolute atomic E-state index is 12.4. The molecule has 1 N–H and O–H groups in total. The van der Waals surface area contributed by atoms with Crippen molar-refractivity contribution in [2.45, 2.75) is 12.8 Å². The van der Waals surface area contributed by atoms with Gasteiger partial charge in [0.15, 0.2) is 0 Å². The van der Waals surface area contributed by atoms with Gasteiger partial charge in [-0.25, -0.2) is 9.97 Å². The Labute approximate surface area is 133 Å². The third kappa shape index (κ3) is 2.79. The summed E-state index contributed by atoms with van der Waals surface area (Å²) in [6.07, 6.45) is 10.4. The number of carbonyl (C=O) groups is 1. The zero-order valence-electron chi connectivity index (χ0n) is 12.6. The monoisotopic (exact) mass is 307 g/mol. The molecule has 1 unspecified atom stereocenters. The van der Waals surface area contributed by atoms with Crippen molar-refractivity contribution in [1.29, 1.82) is 0 Å². The lowest BCUT2D eigenvalue weighted by atomic mass is 9.99. The fourth-order valence-electron chi connectivity index (χ4n) is 3.19. The number of H-pyrrole nitrogens is 1. The molecule has 0 saturated carbocycles. The molecule has 0 spiro atoms. The van der Waals surface area contributed by atoms with Gasteiger partial charge in [0, 0.05) is 43.3 Å². The number of likely N-dealkylation sites (tertiary alicyclic amines) is 1. The van der Waals surface area contributed by atoms with Crippen LogP contribution in [0.25, 0.3) is 11.0 Å². The van der Waals surface area contributed by atoms with Crippen LogP contribution in [0.2, 0.25) is 0 Å². The number of nitrogens with one attached hydrogen (secondary N) is 1. The van der Waals surface area contributed by atoms with Crippen LogP contribution in [0.1, 0.15) is 22.5 Å². The van der Waals surface area contributed by atoms with E-state index < -0.39 is 0 Å². The highest BCUT2D eigenvalue weighted by Crippen LogP contribution is 2.23. The van der Waals surface area contributed by atoms with Crippen molar-refractivity contribution < 1.29 is 4.79 Å². The summed E-state index contributed by atoms with van der Waals surface area (Å²) in [5, 5.41) is 1.13. The molecule has 1 fully saturated rings. The van der Waals surface area contributed by atoms with Crippen molar-refractivity contribution >= 4 is 16.9 Å². The molecule has 1 aliphatic heterocycles. The third-order valence-corrected chi connectivity index (χ3v) is 4.34. The topological polar surface area (TPSA) is 74.8 Å². The molecule has 6 nitrogen and oxygen atoms in total. The fourth-order valence-corrected chi connectivity index (χ4v) is 3.19. The highest BCUT2D eigenvalue weighted by Gasteiger charge is 2.27. The minimum Gasteiger partial charge on any atom is -0.346 e. The Morgan fingerprint density at radius 3 is 3.13 bits per heavy atom. The van der Waals surface area contributed by atoms with Gasteiger partial charge in [-0.2, -0.15) is 0 Å². The van der Waals surface area contributed by atoms with E-state index >= 15 is 0 Å². The van der Waals surface area contributed by atoms with Gasteiger partial charge >= 0.3 is 0 Å². The van der Waals surface area contributed by atoms with Gasteiger partial charge in [-0.1, -0.05) is 0 Å². The molecule has 4 rings (SSSR count). The Hall–Kier alpha value is -2.76. The van der Waals surface area contributed by atoms with Gasteiger partial charge in [0.2, 0.25) is 0 Å². The summed E-state index contributed by atoms with van der Waals surface area (Å²) in [5.41, 5.74) is 2.55. The van der Waals surface area contributed by atoms with E-state index in [4.69, 9.17) is 0 Å². The maximum atomic E-state index is 12.4. The maximum Gasteiger partial charge on any atom is 0.274 e. The number of hydrogen-bond donors (Lipinski definition) is 1. The Bertz CT molecular complexity index is 829. The molecular weight excluding hydrogens is 290 g/mol. The molecule has 3 aromatic heterocycles. The molecule has 0 bridgehead atoms. The number of nitrogens with zero attached hydrogens (tertiary/aromatic N) is 4. The zero-order chi connectivity index (χ0) is 15.6. The minimum atomic E-state index is -0.0280. The van der Waals surface area contributed by atoms with E-state index in [0.717, 1.165) is 37.0 Å². The van der Waals surface area contributed by atoms with Gasteiger partial charge in [-0.05, 0) is 36.5 Å². The Morgan fingerprint density at radius 1 is 1.30 bits per heavy atom. The van der Waals surface area contributed by atoms with Crippen molar-refractivity contribution in [3.8, 4) is 0 Å². The lowest BCUT2D eigenvalue weighted by Gasteiger charge is -2.15. The second kappa shape index (κ2) is 5.79. The first kappa shape index (κ1) is 13.9. The molecule has 0 radical (unpaired) electrons. The molecule has 1 atom stereocenters. The summed E-state index contributed by atoms with van der Waals surface area (Å²) in [7, 11) is 0. The van der Waals surface area contributed by atoms with Crippen LogP contribution in [0.3, 0.4) is 0 Å². The van der Waals surface area contributed by atoms with Gasteiger partial charge in [-0.15, -0.1) is 0 Å². The van der Waals surface area contributed by atoms with Crippen molar-refractivity contribution in [2.24, 2.45) is 5.92 Å². The van der Waals surface area contributed by atoms with Crippen molar-refractivity contribution in [3.05, 3.63) is 54.4 Å². The van der Waals surface area contributed by atoms with E-state index in [1.165, 1.54) is 11.8 Å². The number of carbonyl (C=O) groups excluding carboxylic acids is 1. The average Bonchev–Trinajstić information content (AvgIpc) is 3.24. The number of pyridine rings is 1. The summed E-state index contributed by atoms with van der Waals surface area (Å²) in [5.74, 6) is 0.439. The molecule has 116 valence electrons. The van der Waals surface area contributed by atoms with E-state index in [-0.39, 0.29) is 5.91 Å². The predicted octanol–water partition coefficient (Wildman–Crippen LogP) is 2.06. The number of aromatic amines is 1. The zero-order valence-corrected chi connectivity index (χ0v) is 12.6. The van der Waals surface area contributed by atoms with Gasteiger partial charge < -0.3 is 9.88 Å². The quantitative estimate of drug-likeness (QED) is 0.803. The van der Waals surface area contributed by atoms with Gasteiger partial charge in [0.05, 0.1) is 6.20 Å². The van der Waals surface area contributed by atoms with Crippen LogP contribution < -0.4 is 0 Å². The Balaban J connectivity index is 1.43. The lowest BCUT2D eigenvalue weighted by molar-refractivity contribution is 0.0781. The number of fused-ring (bicyclic) bond motifs is 1. The Morgan fingerprint density at radius 2 is 2.26 bits per heavy atom. The first-order chi connectivity index (χ1) is 11.3. The van der Waals surface area contributed by atoms with E-state index in [0.29, 0.717) is 11.6 Å². The summed E-state index contributed by atoms with van der Waals surface area (Å²) in [6, 6.07) is 4.20. The number of hydrogen-bond acceptors (Lipinski definition) is 4. The molecular formula is C17H17N5O. The van der Waals surface area contributed by atoms with E-state index in [9.17, 15) is 4.79 Å². The molecule has 3 aromatic rings. The summed E-state index contributed by atoms with van der Waals surface area (Å²) in [4.78, 5) is 29.9. The third-order valence-electron chi connectivity index (χ3n) is 4.34. The van der Waals surface area contributed by atoms with Crippen molar-refractivity contribution in [2.75, 3.05) is 13.1 Å². The first-order valence-electron chi connectivity index (χ1n) is 7.77. The van der Waals surface area contributed by atoms with Crippen molar-refractivity contribution in [1.82, 2.24) is 24.8 Å². The van der Waals surface area contributed by atoms with E-state index in [1.807, 2.05) is 23.4 Å². The summed E-state index contributed by atoms with van der Waals surface area (Å²) >= 11 is 0. The number of amides is 1. The van der Waals surface area contributed by atoms with Gasteiger partial charge in [0.25, 0.3) is 5.91 Å². The molecule has 4 heterocycles. The van der Waals surface area contributed by atoms with Crippen LogP contribution in [0.5, 0.6) is 0 Å². The Kier molecular flexibility index (Phi) is 3.49. The highest BCUT2D eigenvalue weighted by atomic mass is 16.2. The average molecular weight is 307 g/mol. The second-order valence-corrected chi connectivity index (χ2v) is 5.96. The molecule has 1 amide bonds. The molecule has 1 aliphatic rings. The fraction of sp³-hybridized carbons (Fsp3) is 0.294. The SMILES string of the molecule is O=C(c1cnccn1)N1CCC(Cc2cnc3[nH]ccc3c2)C1. The van der Waals surface area contributed by atoms with E-state index in [2.05, 4.69) is 26.0 Å².